The molecule has 0 nitrogen and oxygen atoms in total. The summed E-state index contributed by atoms with van der Waals surface area (Å²) in [7, 11) is 0. The van der Waals surface area contributed by atoms with E-state index < -0.39 is 0 Å². The van der Waals surface area contributed by atoms with Crippen molar-refractivity contribution in [1.29, 1.82) is 0 Å². The van der Waals surface area contributed by atoms with Gasteiger partial charge in [-0.2, -0.15) is 0 Å². The summed E-state index contributed by atoms with van der Waals surface area (Å²) in [4.78, 5) is 0.798. The highest BCUT2D eigenvalue weighted by Crippen LogP contribution is 2.84. The van der Waals surface area contributed by atoms with Crippen molar-refractivity contribution in [2.75, 3.05) is 0 Å². The maximum Gasteiger partial charge on any atom is 0.0435 e. The average molecular weight is 952 g/mol. The van der Waals surface area contributed by atoms with Crippen molar-refractivity contribution < 1.29 is 0 Å². The minimum atomic E-state index is 0.206. The lowest BCUT2D eigenvalue weighted by molar-refractivity contribution is -0.270. The summed E-state index contributed by atoms with van der Waals surface area (Å²) in [6.45, 7) is 11.0. The Labute approximate surface area is 369 Å². The molecule has 0 aliphatic heterocycles. The van der Waals surface area contributed by atoms with Gasteiger partial charge in [0.15, 0.2) is 0 Å². The molecule has 0 amide bonds. The van der Waals surface area contributed by atoms with Crippen LogP contribution in [-0.2, 0) is 24.7 Å². The van der Waals surface area contributed by atoms with Gasteiger partial charge in [-0.1, -0.05) is 179 Å². The minimum Gasteiger partial charge on any atom is -0.0835 e. The monoisotopic (exact) mass is 948 g/mol. The molecule has 12 rings (SSSR count). The van der Waals surface area contributed by atoms with Crippen molar-refractivity contribution in [2.45, 2.75) is 144 Å². The quantitative estimate of drug-likeness (QED) is 0.131. The van der Waals surface area contributed by atoms with E-state index >= 15 is 0 Å². The van der Waals surface area contributed by atoms with Gasteiger partial charge in [0.2, 0.25) is 0 Å². The summed E-state index contributed by atoms with van der Waals surface area (Å²) in [5.41, 5.74) is 13.5. The highest BCUT2D eigenvalue weighted by atomic mass is 79.9. The van der Waals surface area contributed by atoms with Crippen LogP contribution in [0, 0.1) is 38.4 Å². The summed E-state index contributed by atoms with van der Waals surface area (Å²) >= 11 is 12.8. The molecule has 0 aromatic heterocycles. The summed E-state index contributed by atoms with van der Waals surface area (Å²) in [6.07, 6.45) is 20.5. The first kappa shape index (κ1) is 39.5. The largest absolute Gasteiger partial charge is 0.0835 e. The molecule has 4 aromatic carbocycles. The van der Waals surface area contributed by atoms with Gasteiger partial charge in [0.05, 0.1) is 0 Å². The van der Waals surface area contributed by atoms with E-state index in [2.05, 4.69) is 179 Å². The van der Waals surface area contributed by atoms with E-state index in [9.17, 15) is 0 Å². The van der Waals surface area contributed by atoms with Gasteiger partial charge >= 0.3 is 0 Å². The van der Waals surface area contributed by atoms with Gasteiger partial charge in [-0.3, -0.25) is 0 Å². The van der Waals surface area contributed by atoms with Gasteiger partial charge in [0, 0.05) is 14.5 Å². The third kappa shape index (κ3) is 6.95. The molecule has 7 unspecified atom stereocenters. The van der Waals surface area contributed by atoms with Crippen molar-refractivity contribution in [3.63, 3.8) is 0 Å². The molecular weight excluding hydrogens is 888 g/mol. The van der Waals surface area contributed by atoms with Crippen LogP contribution in [0.2, 0.25) is 0 Å². The van der Waals surface area contributed by atoms with Crippen LogP contribution in [0.3, 0.4) is 0 Å². The van der Waals surface area contributed by atoms with Crippen molar-refractivity contribution in [2.24, 2.45) is 38.4 Å². The third-order valence-electron chi connectivity index (χ3n) is 17.0. The predicted octanol–water partition coefficient (Wildman–Crippen LogP) is 16.3. The second kappa shape index (κ2) is 13.9. The fourth-order valence-electron chi connectivity index (χ4n) is 17.3. The van der Waals surface area contributed by atoms with Gasteiger partial charge in [-0.15, -0.1) is 0 Å². The molecule has 0 heterocycles. The SMILES string of the molecule is CC12CC3CC(C)(C1)CC(C14CC5(C)CC(C)(CC(c6cc(CC(Br)c7ccccc7)c(CC(Br)c7ccccc7)cc6CC(Br)c6ccccc6)(C5)C1)C4)(C3)C2. The molecule has 300 valence electrons. The Balaban J connectivity index is 1.14. The zero-order valence-electron chi connectivity index (χ0n) is 34.9. The maximum absolute atomic E-state index is 4.30. The molecule has 8 saturated carbocycles. The third-order valence-corrected chi connectivity index (χ3v) is 19.6. The molecule has 7 atom stereocenters. The lowest BCUT2D eigenvalue weighted by Gasteiger charge is -2.78. The molecule has 4 aromatic rings. The van der Waals surface area contributed by atoms with E-state index in [0.717, 1.165) is 25.2 Å². The Morgan fingerprint density at radius 2 is 0.842 bits per heavy atom. The Bertz CT molecular complexity index is 2090. The highest BCUT2D eigenvalue weighted by molar-refractivity contribution is 9.09. The van der Waals surface area contributed by atoms with Crippen molar-refractivity contribution in [3.05, 3.63) is 142 Å². The predicted molar refractivity (Wildman–Crippen MR) is 250 cm³/mol. The number of hydrogen-bond acceptors (Lipinski definition) is 0. The average Bonchev–Trinajstić information content (AvgIpc) is 3.14. The van der Waals surface area contributed by atoms with E-state index in [-0.39, 0.29) is 19.9 Å². The Kier molecular flexibility index (Phi) is 9.64. The second-order valence-electron chi connectivity index (χ2n) is 22.7. The van der Waals surface area contributed by atoms with Gasteiger partial charge in [0.1, 0.15) is 0 Å². The van der Waals surface area contributed by atoms with E-state index in [1.54, 1.807) is 16.7 Å². The molecule has 8 bridgehead atoms. The zero-order valence-corrected chi connectivity index (χ0v) is 39.6. The van der Waals surface area contributed by atoms with Crippen LogP contribution in [0.5, 0.6) is 0 Å². The summed E-state index contributed by atoms with van der Waals surface area (Å²) in [5, 5.41) is 0. The number of alkyl halides is 3. The number of hydrogen-bond donors (Lipinski definition) is 0. The van der Waals surface area contributed by atoms with Crippen LogP contribution in [0.25, 0.3) is 0 Å². The molecule has 8 aliphatic rings. The summed E-state index contributed by atoms with van der Waals surface area (Å²) in [6, 6.07) is 39.0. The maximum atomic E-state index is 4.30. The number of halogens is 3. The number of rotatable bonds is 11. The standard InChI is InChI=1S/C54H63Br3/c1-48-25-37-26-49(2,28-48)33-53(27-37,32-48)54-34-50(3)29-51(4,35-54)31-52(30-50,36-54)44-21-42(23-46(56)39-16-10-6-11-17-39)41(22-45(55)38-14-8-5-9-15-38)20-43(44)24-47(57)40-18-12-7-13-19-40/h5-21,37,45-47H,22-36H2,1-4H3. The van der Waals surface area contributed by atoms with Crippen LogP contribution in [0.4, 0.5) is 0 Å². The summed E-state index contributed by atoms with van der Waals surface area (Å²) < 4.78 is 0. The molecule has 0 saturated heterocycles. The first-order chi connectivity index (χ1) is 27.1. The minimum absolute atomic E-state index is 0.206. The van der Waals surface area contributed by atoms with Crippen LogP contribution in [-0.4, -0.2) is 0 Å². The van der Waals surface area contributed by atoms with Crippen LogP contribution in [0.1, 0.15) is 158 Å². The van der Waals surface area contributed by atoms with Crippen molar-refractivity contribution in [1.82, 2.24) is 0 Å². The Morgan fingerprint density at radius 3 is 1.30 bits per heavy atom. The van der Waals surface area contributed by atoms with E-state index in [1.807, 2.05) is 0 Å². The van der Waals surface area contributed by atoms with Gasteiger partial charge < -0.3 is 0 Å². The van der Waals surface area contributed by atoms with Crippen LogP contribution < -0.4 is 0 Å². The molecule has 3 heteroatoms. The molecule has 57 heavy (non-hydrogen) atoms. The highest BCUT2D eigenvalue weighted by Gasteiger charge is 2.74. The first-order valence-corrected chi connectivity index (χ1v) is 25.1. The lowest BCUT2D eigenvalue weighted by Crippen LogP contribution is -2.69. The van der Waals surface area contributed by atoms with E-state index in [1.165, 1.54) is 99.3 Å². The normalized spacial score (nSPS) is 39.0. The Morgan fingerprint density at radius 1 is 0.439 bits per heavy atom. The number of benzene rings is 4. The van der Waals surface area contributed by atoms with Crippen molar-refractivity contribution >= 4 is 47.8 Å². The lowest BCUT2D eigenvalue weighted by atomic mass is 9.26. The first-order valence-electron chi connectivity index (χ1n) is 22.3. The molecule has 0 N–H and O–H groups in total. The fourth-order valence-corrected chi connectivity index (χ4v) is 19.2. The molecular formula is C54H63Br3. The molecule has 0 radical (unpaired) electrons. The molecule has 0 spiro atoms. The van der Waals surface area contributed by atoms with Gasteiger partial charge in [-0.25, -0.2) is 0 Å². The second-order valence-corrected chi connectivity index (χ2v) is 26.0. The van der Waals surface area contributed by atoms with Crippen LogP contribution in [0.15, 0.2) is 103 Å². The smallest absolute Gasteiger partial charge is 0.0435 e. The van der Waals surface area contributed by atoms with E-state index in [0.29, 0.717) is 32.5 Å². The topological polar surface area (TPSA) is 0 Å². The van der Waals surface area contributed by atoms with Gasteiger partial charge in [0.25, 0.3) is 0 Å². The summed E-state index contributed by atoms with van der Waals surface area (Å²) in [5.74, 6) is 0.943. The molecule has 8 aliphatic carbocycles. The van der Waals surface area contributed by atoms with E-state index in [4.69, 9.17) is 0 Å². The zero-order chi connectivity index (χ0) is 39.5. The van der Waals surface area contributed by atoms with Gasteiger partial charge in [-0.05, 0) is 179 Å². The van der Waals surface area contributed by atoms with Crippen LogP contribution >= 0.6 is 47.8 Å². The molecule has 8 fully saturated rings. The fraction of sp³-hybridized carbons (Fsp3) is 0.556. The van der Waals surface area contributed by atoms with Crippen molar-refractivity contribution in [3.8, 4) is 0 Å². The Hall–Kier alpha value is -1.68.